The van der Waals surface area contributed by atoms with Crippen LogP contribution in [0.3, 0.4) is 0 Å². The molecule has 0 radical (unpaired) electrons. The fourth-order valence-corrected chi connectivity index (χ4v) is 3.23. The average Bonchev–Trinajstić information content (AvgIpc) is 3.20. The predicted molar refractivity (Wildman–Crippen MR) is 79.2 cm³/mol. The smallest absolute Gasteiger partial charge is 0.192 e. The molecule has 0 unspecified atom stereocenters. The highest BCUT2D eigenvalue weighted by molar-refractivity contribution is 7.99. The quantitative estimate of drug-likeness (QED) is 0.576. The van der Waals surface area contributed by atoms with E-state index in [9.17, 15) is 0 Å². The van der Waals surface area contributed by atoms with Crippen molar-refractivity contribution in [3.8, 4) is 11.4 Å². The van der Waals surface area contributed by atoms with Crippen LogP contribution in [0, 0.1) is 0 Å². The Morgan fingerprint density at radius 1 is 1.19 bits per heavy atom. The van der Waals surface area contributed by atoms with Crippen LogP contribution in [0.2, 0.25) is 0 Å². The van der Waals surface area contributed by atoms with Gasteiger partial charge >= 0.3 is 0 Å². The lowest BCUT2D eigenvalue weighted by molar-refractivity contribution is 0.683. The standard InChI is InChI=1S/C12H9N7S2/c1-18-12(13-7-14-18)21-10-3-2-9-15-16-11(19(9)17-10)8-4-5-20-6-8/h2-7H,1H3. The summed E-state index contributed by atoms with van der Waals surface area (Å²) in [6.07, 6.45) is 1.52. The van der Waals surface area contributed by atoms with E-state index < -0.39 is 0 Å². The van der Waals surface area contributed by atoms with Gasteiger partial charge in [-0.25, -0.2) is 9.67 Å². The first-order valence-electron chi connectivity index (χ1n) is 6.08. The summed E-state index contributed by atoms with van der Waals surface area (Å²) < 4.78 is 3.46. The molecule has 0 saturated heterocycles. The van der Waals surface area contributed by atoms with Crippen LogP contribution in [0.15, 0.2) is 45.5 Å². The number of rotatable bonds is 3. The monoisotopic (exact) mass is 315 g/mol. The maximum Gasteiger partial charge on any atom is 0.192 e. The maximum absolute atomic E-state index is 4.59. The number of nitrogens with zero attached hydrogens (tertiary/aromatic N) is 7. The number of aromatic nitrogens is 7. The van der Waals surface area contributed by atoms with Crippen LogP contribution in [-0.2, 0) is 7.05 Å². The van der Waals surface area contributed by atoms with Gasteiger partial charge in [-0.05, 0) is 35.3 Å². The molecule has 0 amide bonds. The van der Waals surface area contributed by atoms with Crippen molar-refractivity contribution in [2.75, 3.05) is 0 Å². The van der Waals surface area contributed by atoms with Crippen molar-refractivity contribution in [2.24, 2.45) is 7.05 Å². The van der Waals surface area contributed by atoms with Crippen LogP contribution in [0.25, 0.3) is 17.0 Å². The van der Waals surface area contributed by atoms with Crippen molar-refractivity contribution in [3.63, 3.8) is 0 Å². The van der Waals surface area contributed by atoms with Crippen LogP contribution >= 0.6 is 23.1 Å². The Hall–Kier alpha value is -2.26. The van der Waals surface area contributed by atoms with E-state index in [1.165, 1.54) is 18.1 Å². The molecule has 4 aromatic rings. The van der Waals surface area contributed by atoms with Gasteiger partial charge in [0.15, 0.2) is 16.6 Å². The first-order valence-corrected chi connectivity index (χ1v) is 7.84. The lowest BCUT2D eigenvalue weighted by Crippen LogP contribution is -1.97. The zero-order valence-corrected chi connectivity index (χ0v) is 12.5. The van der Waals surface area contributed by atoms with Gasteiger partial charge in [-0.2, -0.15) is 26.0 Å². The van der Waals surface area contributed by atoms with E-state index in [0.717, 1.165) is 27.2 Å². The molecule has 0 saturated carbocycles. The summed E-state index contributed by atoms with van der Waals surface area (Å²) in [7, 11) is 1.85. The highest BCUT2D eigenvalue weighted by atomic mass is 32.2. The minimum Gasteiger partial charge on any atom is -0.244 e. The fraction of sp³-hybridized carbons (Fsp3) is 0.0833. The molecule has 0 aliphatic rings. The molecule has 21 heavy (non-hydrogen) atoms. The van der Waals surface area contributed by atoms with Gasteiger partial charge in [0.05, 0.1) is 0 Å². The lowest BCUT2D eigenvalue weighted by atomic mass is 10.3. The van der Waals surface area contributed by atoms with E-state index in [2.05, 4.69) is 25.4 Å². The molecule has 4 rings (SSSR count). The Morgan fingerprint density at radius 2 is 2.14 bits per heavy atom. The van der Waals surface area contributed by atoms with Crippen molar-refractivity contribution >= 4 is 28.7 Å². The van der Waals surface area contributed by atoms with Crippen LogP contribution in [0.5, 0.6) is 0 Å². The van der Waals surface area contributed by atoms with Crippen molar-refractivity contribution < 1.29 is 0 Å². The molecule has 0 aliphatic carbocycles. The van der Waals surface area contributed by atoms with Gasteiger partial charge in [0.25, 0.3) is 0 Å². The fourth-order valence-electron chi connectivity index (χ4n) is 1.87. The molecule has 0 aromatic carbocycles. The van der Waals surface area contributed by atoms with E-state index in [1.54, 1.807) is 20.5 Å². The van der Waals surface area contributed by atoms with Gasteiger partial charge in [-0.3, -0.25) is 0 Å². The van der Waals surface area contributed by atoms with Crippen molar-refractivity contribution in [1.82, 2.24) is 34.6 Å². The molecule has 0 N–H and O–H groups in total. The van der Waals surface area contributed by atoms with E-state index in [-0.39, 0.29) is 0 Å². The Balaban J connectivity index is 1.78. The minimum atomic E-state index is 0.721. The van der Waals surface area contributed by atoms with Gasteiger partial charge in [-0.1, -0.05) is 0 Å². The normalized spacial score (nSPS) is 11.3. The van der Waals surface area contributed by atoms with Gasteiger partial charge in [0.1, 0.15) is 11.4 Å². The largest absolute Gasteiger partial charge is 0.244 e. The molecule has 0 atom stereocenters. The summed E-state index contributed by atoms with van der Waals surface area (Å²) >= 11 is 3.07. The third kappa shape index (κ3) is 2.20. The van der Waals surface area contributed by atoms with Gasteiger partial charge in [0, 0.05) is 18.0 Å². The molecular weight excluding hydrogens is 306 g/mol. The Kier molecular flexibility index (Phi) is 2.93. The highest BCUT2D eigenvalue weighted by Gasteiger charge is 2.12. The summed E-state index contributed by atoms with van der Waals surface area (Å²) in [6.45, 7) is 0. The van der Waals surface area contributed by atoms with E-state index >= 15 is 0 Å². The maximum atomic E-state index is 4.59. The first-order chi connectivity index (χ1) is 10.3. The van der Waals surface area contributed by atoms with Crippen molar-refractivity contribution in [1.29, 1.82) is 0 Å². The molecule has 0 spiro atoms. The summed E-state index contributed by atoms with van der Waals surface area (Å²) in [6, 6.07) is 5.81. The second-order valence-corrected chi connectivity index (χ2v) is 6.01. The second-order valence-electron chi connectivity index (χ2n) is 4.25. The molecule has 0 aliphatic heterocycles. The average molecular weight is 315 g/mol. The summed E-state index contributed by atoms with van der Waals surface area (Å²) in [5.41, 5.74) is 1.74. The van der Waals surface area contributed by atoms with E-state index in [4.69, 9.17) is 0 Å². The molecule has 0 fully saturated rings. The second kappa shape index (κ2) is 4.93. The lowest BCUT2D eigenvalue weighted by Gasteiger charge is -2.01. The summed E-state index contributed by atoms with van der Waals surface area (Å²) in [5, 5.41) is 22.6. The predicted octanol–water partition coefficient (Wildman–Crippen LogP) is 2.13. The summed E-state index contributed by atoms with van der Waals surface area (Å²) in [5.74, 6) is 0.742. The van der Waals surface area contributed by atoms with Crippen molar-refractivity contribution in [3.05, 3.63) is 35.3 Å². The van der Waals surface area contributed by atoms with Crippen molar-refractivity contribution in [2.45, 2.75) is 10.2 Å². The molecular formula is C12H9N7S2. The van der Waals surface area contributed by atoms with Crippen LogP contribution < -0.4 is 0 Å². The molecule has 9 heteroatoms. The molecule has 0 bridgehead atoms. The Labute approximate surface area is 127 Å². The van der Waals surface area contributed by atoms with E-state index in [0.29, 0.717) is 0 Å². The van der Waals surface area contributed by atoms with Gasteiger partial charge in [0.2, 0.25) is 0 Å². The number of aryl methyl sites for hydroxylation is 1. The highest BCUT2D eigenvalue weighted by Crippen LogP contribution is 2.25. The van der Waals surface area contributed by atoms with Gasteiger partial charge < -0.3 is 0 Å². The molecule has 104 valence electrons. The number of thiophene rings is 1. The molecule has 7 nitrogen and oxygen atoms in total. The number of hydrogen-bond acceptors (Lipinski definition) is 7. The van der Waals surface area contributed by atoms with Crippen LogP contribution in [-0.4, -0.2) is 34.6 Å². The zero-order chi connectivity index (χ0) is 14.2. The van der Waals surface area contributed by atoms with Crippen LogP contribution in [0.1, 0.15) is 0 Å². The summed E-state index contributed by atoms with van der Waals surface area (Å²) in [4.78, 5) is 4.19. The van der Waals surface area contributed by atoms with Gasteiger partial charge in [-0.15, -0.1) is 10.2 Å². The number of hydrogen-bond donors (Lipinski definition) is 0. The minimum absolute atomic E-state index is 0.721. The topological polar surface area (TPSA) is 73.8 Å². The molecule has 4 heterocycles. The third-order valence-corrected chi connectivity index (χ3v) is 4.55. The third-order valence-electron chi connectivity index (χ3n) is 2.88. The zero-order valence-electron chi connectivity index (χ0n) is 10.9. The van der Waals surface area contributed by atoms with Crippen LogP contribution in [0.4, 0.5) is 0 Å². The number of fused-ring (bicyclic) bond motifs is 1. The Morgan fingerprint density at radius 3 is 2.90 bits per heavy atom. The van der Waals surface area contributed by atoms with E-state index in [1.807, 2.05) is 36.0 Å². The molecule has 4 aromatic heterocycles. The Bertz CT molecular complexity index is 894. The SMILES string of the molecule is Cn1ncnc1Sc1ccc2nnc(-c3ccsc3)n2n1. The first kappa shape index (κ1) is 12.5.